The van der Waals surface area contributed by atoms with Gasteiger partial charge in [-0.3, -0.25) is 9.55 Å². The van der Waals surface area contributed by atoms with Crippen LogP contribution in [0.2, 0.25) is 0 Å². The molecule has 0 aliphatic rings. The van der Waals surface area contributed by atoms with E-state index in [9.17, 15) is 4.79 Å². The average molecular weight is 441 g/mol. The van der Waals surface area contributed by atoms with Crippen LogP contribution in [0.3, 0.4) is 0 Å². The van der Waals surface area contributed by atoms with Gasteiger partial charge in [0.05, 0.1) is 24.9 Å². The summed E-state index contributed by atoms with van der Waals surface area (Å²) >= 11 is 0. The highest BCUT2D eigenvalue weighted by molar-refractivity contribution is 5.94. The van der Waals surface area contributed by atoms with Crippen molar-refractivity contribution >= 4 is 27.8 Å². The zero-order valence-electron chi connectivity index (χ0n) is 18.3. The fourth-order valence-electron chi connectivity index (χ4n) is 3.89. The molecular formula is C25H23N5O3. The van der Waals surface area contributed by atoms with Crippen LogP contribution in [0.5, 0.6) is 11.6 Å². The minimum atomic E-state index is -0.288. The van der Waals surface area contributed by atoms with Crippen molar-refractivity contribution in [1.82, 2.24) is 19.5 Å². The van der Waals surface area contributed by atoms with Crippen LogP contribution in [0.25, 0.3) is 27.8 Å². The first-order valence-electron chi connectivity index (χ1n) is 10.7. The van der Waals surface area contributed by atoms with Crippen LogP contribution in [-0.2, 0) is 6.54 Å². The highest BCUT2D eigenvalue weighted by Crippen LogP contribution is 2.31. The number of pyridine rings is 2. The van der Waals surface area contributed by atoms with E-state index in [0.29, 0.717) is 41.6 Å². The summed E-state index contributed by atoms with van der Waals surface area (Å²) in [5.74, 6) is 1.11. The van der Waals surface area contributed by atoms with Gasteiger partial charge in [-0.1, -0.05) is 30.3 Å². The van der Waals surface area contributed by atoms with E-state index in [1.54, 1.807) is 23.9 Å². The number of rotatable bonds is 7. The Kier molecular flexibility index (Phi) is 5.40. The molecule has 8 heteroatoms. The number of anilines is 1. The Hall–Kier alpha value is -4.33. The second kappa shape index (κ2) is 8.66. The number of ether oxygens (including phenoxy) is 2. The first-order chi connectivity index (χ1) is 16.2. The Labute approximate surface area is 189 Å². The van der Waals surface area contributed by atoms with Crippen LogP contribution >= 0.6 is 0 Å². The molecule has 0 saturated heterocycles. The number of nitrogens with zero attached hydrogens (tertiary/aromatic N) is 3. The monoisotopic (exact) mass is 441 g/mol. The molecule has 0 spiro atoms. The molecule has 33 heavy (non-hydrogen) atoms. The molecule has 0 aliphatic heterocycles. The fraction of sp³-hybridized carbons (Fsp3) is 0.160. The number of nitrogens with one attached hydrogen (secondary N) is 2. The van der Waals surface area contributed by atoms with E-state index in [2.05, 4.69) is 32.4 Å². The quantitative estimate of drug-likeness (QED) is 0.392. The summed E-state index contributed by atoms with van der Waals surface area (Å²) in [6.07, 6.45) is 1.62. The standard InChI is InChI=1S/C25H23N5O3/c1-3-33-21-11-12-26-24-23(21)30(25(31)29-24)17-9-10-19-18(13-17)20(14-22(28-19)32-2)27-15-16-7-5-4-6-8-16/h4-14H,3,15H2,1-2H3,(H,27,28)(H,26,29,31). The van der Waals surface area contributed by atoms with E-state index >= 15 is 0 Å². The maximum Gasteiger partial charge on any atom is 0.332 e. The van der Waals surface area contributed by atoms with Gasteiger partial charge >= 0.3 is 5.69 Å². The summed E-state index contributed by atoms with van der Waals surface area (Å²) in [6.45, 7) is 3.02. The second-order valence-corrected chi connectivity index (χ2v) is 7.46. The molecule has 5 rings (SSSR count). The van der Waals surface area contributed by atoms with Crippen LogP contribution in [0.1, 0.15) is 12.5 Å². The van der Waals surface area contributed by atoms with Gasteiger partial charge in [-0.15, -0.1) is 0 Å². The lowest BCUT2D eigenvalue weighted by molar-refractivity contribution is 0.343. The van der Waals surface area contributed by atoms with Crippen molar-refractivity contribution in [3.8, 4) is 17.3 Å². The Morgan fingerprint density at radius 1 is 1.09 bits per heavy atom. The number of fused-ring (bicyclic) bond motifs is 2. The van der Waals surface area contributed by atoms with Crippen molar-refractivity contribution in [2.45, 2.75) is 13.5 Å². The minimum Gasteiger partial charge on any atom is -0.491 e. The van der Waals surface area contributed by atoms with Crippen molar-refractivity contribution in [2.24, 2.45) is 0 Å². The van der Waals surface area contributed by atoms with E-state index in [1.807, 2.05) is 49.4 Å². The largest absolute Gasteiger partial charge is 0.491 e. The molecule has 0 saturated carbocycles. The van der Waals surface area contributed by atoms with Gasteiger partial charge in [-0.05, 0) is 30.7 Å². The van der Waals surface area contributed by atoms with Gasteiger partial charge in [0.25, 0.3) is 0 Å². The van der Waals surface area contributed by atoms with E-state index in [1.165, 1.54) is 0 Å². The Bertz CT molecular complexity index is 1490. The van der Waals surface area contributed by atoms with E-state index in [0.717, 1.165) is 22.2 Å². The SMILES string of the molecule is CCOc1ccnc2[nH]c(=O)n(-c3ccc4nc(OC)cc(NCc5ccccc5)c4c3)c12. The minimum absolute atomic E-state index is 0.288. The molecule has 3 heterocycles. The molecule has 0 fully saturated rings. The number of H-pyrrole nitrogens is 1. The topological polar surface area (TPSA) is 94.1 Å². The van der Waals surface area contributed by atoms with E-state index in [4.69, 9.17) is 9.47 Å². The van der Waals surface area contributed by atoms with Crippen LogP contribution in [-0.4, -0.2) is 33.2 Å². The summed E-state index contributed by atoms with van der Waals surface area (Å²) in [6, 6.07) is 19.4. The zero-order chi connectivity index (χ0) is 22.8. The molecule has 166 valence electrons. The van der Waals surface area contributed by atoms with Crippen molar-refractivity contribution in [1.29, 1.82) is 0 Å². The van der Waals surface area contributed by atoms with Gasteiger partial charge in [-0.25, -0.2) is 14.8 Å². The summed E-state index contributed by atoms with van der Waals surface area (Å²) in [4.78, 5) is 24.6. The molecule has 8 nitrogen and oxygen atoms in total. The molecule has 0 unspecified atom stereocenters. The fourth-order valence-corrected chi connectivity index (χ4v) is 3.89. The third-order valence-electron chi connectivity index (χ3n) is 5.40. The van der Waals surface area contributed by atoms with E-state index in [-0.39, 0.29) is 5.69 Å². The Morgan fingerprint density at radius 2 is 1.94 bits per heavy atom. The van der Waals surface area contributed by atoms with Crippen LogP contribution in [0.15, 0.2) is 71.7 Å². The van der Waals surface area contributed by atoms with Gasteiger partial charge < -0.3 is 14.8 Å². The molecule has 2 N–H and O–H groups in total. The van der Waals surface area contributed by atoms with Gasteiger partial charge in [0.1, 0.15) is 11.3 Å². The molecule has 0 amide bonds. The summed E-state index contributed by atoms with van der Waals surface area (Å²) < 4.78 is 12.7. The number of imidazole rings is 1. The first-order valence-corrected chi connectivity index (χ1v) is 10.7. The smallest absolute Gasteiger partial charge is 0.332 e. The Morgan fingerprint density at radius 3 is 2.73 bits per heavy atom. The maximum atomic E-state index is 12.9. The first kappa shape index (κ1) is 20.6. The highest BCUT2D eigenvalue weighted by atomic mass is 16.5. The third kappa shape index (κ3) is 3.87. The summed E-state index contributed by atoms with van der Waals surface area (Å²) in [5.41, 5.74) is 4.23. The molecular weight excluding hydrogens is 418 g/mol. The van der Waals surface area contributed by atoms with Crippen LogP contribution < -0.4 is 20.5 Å². The molecule has 0 atom stereocenters. The predicted molar refractivity (Wildman–Crippen MR) is 128 cm³/mol. The molecule has 0 radical (unpaired) electrons. The van der Waals surface area contributed by atoms with Crippen molar-refractivity contribution in [2.75, 3.05) is 19.0 Å². The maximum absolute atomic E-state index is 12.9. The second-order valence-electron chi connectivity index (χ2n) is 7.46. The Balaban J connectivity index is 1.65. The lowest BCUT2D eigenvalue weighted by Crippen LogP contribution is -2.15. The number of benzene rings is 2. The molecule has 3 aromatic heterocycles. The highest BCUT2D eigenvalue weighted by Gasteiger charge is 2.16. The van der Waals surface area contributed by atoms with Crippen molar-refractivity contribution < 1.29 is 9.47 Å². The van der Waals surface area contributed by atoms with Crippen molar-refractivity contribution in [3.63, 3.8) is 0 Å². The summed E-state index contributed by atoms with van der Waals surface area (Å²) in [5, 5.41) is 4.35. The molecule has 5 aromatic rings. The van der Waals surface area contributed by atoms with E-state index < -0.39 is 0 Å². The molecule has 2 aromatic carbocycles. The zero-order valence-corrected chi connectivity index (χ0v) is 18.3. The molecule has 0 aliphatic carbocycles. The number of aromatic nitrogens is 4. The van der Waals surface area contributed by atoms with Gasteiger partial charge in [0.15, 0.2) is 5.65 Å². The van der Waals surface area contributed by atoms with Gasteiger partial charge in [0, 0.05) is 35.9 Å². The predicted octanol–water partition coefficient (Wildman–Crippen LogP) is 4.28. The molecule has 0 bridgehead atoms. The van der Waals surface area contributed by atoms with Crippen LogP contribution in [0, 0.1) is 0 Å². The van der Waals surface area contributed by atoms with Gasteiger partial charge in [-0.2, -0.15) is 0 Å². The summed E-state index contributed by atoms with van der Waals surface area (Å²) in [7, 11) is 1.59. The lowest BCUT2D eigenvalue weighted by Gasteiger charge is -2.14. The van der Waals surface area contributed by atoms with Gasteiger partial charge in [0.2, 0.25) is 5.88 Å². The van der Waals surface area contributed by atoms with Crippen LogP contribution in [0.4, 0.5) is 5.69 Å². The number of hydrogen-bond donors (Lipinski definition) is 2. The van der Waals surface area contributed by atoms with Crippen molar-refractivity contribution in [3.05, 3.63) is 82.9 Å². The lowest BCUT2D eigenvalue weighted by atomic mass is 10.1. The number of hydrogen-bond acceptors (Lipinski definition) is 6. The number of methoxy groups -OCH3 is 1. The number of aromatic amines is 1. The normalized spacial score (nSPS) is 11.1. The third-order valence-corrected chi connectivity index (χ3v) is 5.40. The average Bonchev–Trinajstić information content (AvgIpc) is 3.19.